The van der Waals surface area contributed by atoms with E-state index in [9.17, 15) is 9.59 Å². The molecule has 3 rings (SSSR count). The van der Waals surface area contributed by atoms with Crippen molar-refractivity contribution >= 4 is 23.7 Å². The Hall–Kier alpha value is -2.57. The van der Waals surface area contributed by atoms with Crippen LogP contribution in [0.1, 0.15) is 49.5 Å². The highest BCUT2D eigenvalue weighted by atomic mass is 35.5. The highest BCUT2D eigenvalue weighted by Crippen LogP contribution is 2.20. The molecule has 6 nitrogen and oxygen atoms in total. The number of nitrogens with zero attached hydrogens (tertiary/aromatic N) is 2. The van der Waals surface area contributed by atoms with Crippen molar-refractivity contribution in [3.8, 4) is 0 Å². The molecule has 0 spiro atoms. The summed E-state index contributed by atoms with van der Waals surface area (Å²) in [4.78, 5) is 28.9. The highest BCUT2D eigenvalue weighted by molar-refractivity contribution is 6.30. The van der Waals surface area contributed by atoms with Crippen LogP contribution in [0, 0.1) is 0 Å². The molecule has 1 saturated heterocycles. The molecule has 0 saturated carbocycles. The monoisotopic (exact) mass is 472 g/mol. The van der Waals surface area contributed by atoms with Crippen molar-refractivity contribution in [3.05, 3.63) is 70.7 Å². The van der Waals surface area contributed by atoms with Gasteiger partial charge in [-0.3, -0.25) is 4.90 Å². The maximum atomic E-state index is 12.5. The first-order valence-corrected chi connectivity index (χ1v) is 11.8. The highest BCUT2D eigenvalue weighted by Gasteiger charge is 2.30. The Bertz CT molecular complexity index is 904. The third-order valence-electron chi connectivity index (χ3n) is 5.60. The molecule has 0 aliphatic carbocycles. The topological polar surface area (TPSA) is 59.1 Å². The van der Waals surface area contributed by atoms with Crippen LogP contribution in [-0.2, 0) is 15.9 Å². The van der Waals surface area contributed by atoms with Gasteiger partial charge in [-0.15, -0.1) is 0 Å². The van der Waals surface area contributed by atoms with Gasteiger partial charge in [-0.2, -0.15) is 0 Å². The van der Waals surface area contributed by atoms with Crippen LogP contribution in [0.3, 0.4) is 0 Å². The number of ether oxygens (including phenoxy) is 2. The summed E-state index contributed by atoms with van der Waals surface area (Å²) in [5.41, 5.74) is 1.20. The van der Waals surface area contributed by atoms with Gasteiger partial charge in [-0.25, -0.2) is 9.59 Å². The molecule has 0 aromatic heterocycles. The van der Waals surface area contributed by atoms with Crippen LogP contribution < -0.4 is 0 Å². The number of carbonyl (C=O) groups excluding carboxylic acids is 2. The van der Waals surface area contributed by atoms with Gasteiger partial charge in [0.25, 0.3) is 0 Å². The second kappa shape index (κ2) is 11.5. The van der Waals surface area contributed by atoms with Gasteiger partial charge in [-0.1, -0.05) is 41.9 Å². The average molecular weight is 473 g/mol. The predicted molar refractivity (Wildman–Crippen MR) is 129 cm³/mol. The van der Waals surface area contributed by atoms with Gasteiger partial charge >= 0.3 is 12.1 Å². The standard InChI is InChI=1S/C26H33ClN2O4/c1-26(2,3)33-25(31)28-17-14-23(15-18-28)29(16-13-20-9-11-22(27)12-10-20)19-32-24(30)21-7-5-4-6-8-21/h4-12,23H,13-19H2,1-3H3. The molecule has 2 aromatic carbocycles. The number of carbonyl (C=O) groups is 2. The van der Waals surface area contributed by atoms with E-state index in [2.05, 4.69) is 4.90 Å². The van der Waals surface area contributed by atoms with Gasteiger partial charge in [0.2, 0.25) is 0 Å². The fourth-order valence-electron chi connectivity index (χ4n) is 3.82. The number of likely N-dealkylation sites (tertiary alicyclic amines) is 1. The Labute approximate surface area is 201 Å². The summed E-state index contributed by atoms with van der Waals surface area (Å²) in [5.74, 6) is -0.335. The average Bonchev–Trinajstić information content (AvgIpc) is 2.79. The number of amides is 1. The normalized spacial score (nSPS) is 14.9. The van der Waals surface area contributed by atoms with Crippen LogP contribution in [0.2, 0.25) is 5.02 Å². The summed E-state index contributed by atoms with van der Waals surface area (Å²) in [6, 6.07) is 17.0. The zero-order chi connectivity index (χ0) is 23.8. The van der Waals surface area contributed by atoms with E-state index in [0.29, 0.717) is 23.7 Å². The number of benzene rings is 2. The predicted octanol–water partition coefficient (Wildman–Crippen LogP) is 5.40. The molecule has 1 heterocycles. The number of esters is 1. The number of hydrogen-bond donors (Lipinski definition) is 0. The third-order valence-corrected chi connectivity index (χ3v) is 5.86. The smallest absolute Gasteiger partial charge is 0.410 e. The molecule has 2 aromatic rings. The molecule has 0 unspecified atom stereocenters. The minimum absolute atomic E-state index is 0.207. The largest absolute Gasteiger partial charge is 0.446 e. The maximum Gasteiger partial charge on any atom is 0.410 e. The SMILES string of the molecule is CC(C)(C)OC(=O)N1CCC(N(CCc2ccc(Cl)cc2)COC(=O)c2ccccc2)CC1. The quantitative estimate of drug-likeness (QED) is 0.399. The van der Waals surface area contributed by atoms with Crippen molar-refractivity contribution in [2.75, 3.05) is 26.4 Å². The number of rotatable bonds is 7. The van der Waals surface area contributed by atoms with Crippen molar-refractivity contribution in [2.24, 2.45) is 0 Å². The number of piperidine rings is 1. The number of hydrogen-bond acceptors (Lipinski definition) is 5. The summed E-state index contributed by atoms with van der Waals surface area (Å²) < 4.78 is 11.2. The summed E-state index contributed by atoms with van der Waals surface area (Å²) in [7, 11) is 0. The lowest BCUT2D eigenvalue weighted by Crippen LogP contribution is -2.49. The van der Waals surface area contributed by atoms with Gasteiger partial charge in [0.1, 0.15) is 12.3 Å². The molecule has 178 valence electrons. The Morgan fingerprint density at radius 3 is 2.27 bits per heavy atom. The minimum Gasteiger partial charge on any atom is -0.446 e. The maximum absolute atomic E-state index is 12.5. The molecule has 1 fully saturated rings. The van der Waals surface area contributed by atoms with Crippen molar-refractivity contribution < 1.29 is 19.1 Å². The Morgan fingerprint density at radius 2 is 1.67 bits per heavy atom. The third kappa shape index (κ3) is 8.06. The molecule has 0 bridgehead atoms. The molecule has 7 heteroatoms. The van der Waals surface area contributed by atoms with E-state index in [4.69, 9.17) is 21.1 Å². The molecule has 0 N–H and O–H groups in total. The van der Waals surface area contributed by atoms with Gasteiger partial charge in [0.15, 0.2) is 0 Å². The Kier molecular flexibility index (Phi) is 8.75. The zero-order valence-electron chi connectivity index (χ0n) is 19.6. The molecule has 0 atom stereocenters. The first-order valence-electron chi connectivity index (χ1n) is 11.4. The van der Waals surface area contributed by atoms with E-state index in [1.807, 2.05) is 63.2 Å². The van der Waals surface area contributed by atoms with Crippen molar-refractivity contribution in [1.82, 2.24) is 9.80 Å². The number of halogens is 1. The van der Waals surface area contributed by atoms with E-state index < -0.39 is 5.60 Å². The summed E-state index contributed by atoms with van der Waals surface area (Å²) >= 11 is 6.01. The lowest BCUT2D eigenvalue weighted by Gasteiger charge is -2.38. The fourth-order valence-corrected chi connectivity index (χ4v) is 3.94. The van der Waals surface area contributed by atoms with Crippen molar-refractivity contribution in [1.29, 1.82) is 0 Å². The van der Waals surface area contributed by atoms with E-state index in [-0.39, 0.29) is 24.8 Å². The van der Waals surface area contributed by atoms with E-state index in [0.717, 1.165) is 25.8 Å². The lowest BCUT2D eigenvalue weighted by molar-refractivity contribution is -0.00861. The van der Waals surface area contributed by atoms with Crippen LogP contribution in [0.5, 0.6) is 0 Å². The second-order valence-electron chi connectivity index (χ2n) is 9.31. The molecular weight excluding hydrogens is 440 g/mol. The molecule has 1 amide bonds. The second-order valence-corrected chi connectivity index (χ2v) is 9.75. The van der Waals surface area contributed by atoms with E-state index in [1.165, 1.54) is 5.56 Å². The summed E-state index contributed by atoms with van der Waals surface area (Å²) in [6.07, 6.45) is 2.13. The molecule has 0 radical (unpaired) electrons. The molecular formula is C26H33ClN2O4. The van der Waals surface area contributed by atoms with Gasteiger partial charge in [-0.05, 0) is 69.9 Å². The van der Waals surface area contributed by atoms with E-state index >= 15 is 0 Å². The summed E-state index contributed by atoms with van der Waals surface area (Å²) in [6.45, 7) is 7.79. The van der Waals surface area contributed by atoms with Crippen molar-refractivity contribution in [3.63, 3.8) is 0 Å². The summed E-state index contributed by atoms with van der Waals surface area (Å²) in [5, 5.41) is 0.710. The van der Waals surface area contributed by atoms with Crippen LogP contribution in [0.4, 0.5) is 4.79 Å². The van der Waals surface area contributed by atoms with Crippen LogP contribution in [0.25, 0.3) is 0 Å². The fraction of sp³-hybridized carbons (Fsp3) is 0.462. The van der Waals surface area contributed by atoms with E-state index in [1.54, 1.807) is 17.0 Å². The molecule has 1 aliphatic heterocycles. The van der Waals surface area contributed by atoms with Crippen LogP contribution in [-0.4, -0.2) is 59.9 Å². The zero-order valence-corrected chi connectivity index (χ0v) is 20.4. The van der Waals surface area contributed by atoms with Crippen molar-refractivity contribution in [2.45, 2.75) is 51.7 Å². The first-order chi connectivity index (χ1) is 15.7. The Balaban J connectivity index is 1.60. The molecule has 33 heavy (non-hydrogen) atoms. The Morgan fingerprint density at radius 1 is 1.03 bits per heavy atom. The van der Waals surface area contributed by atoms with Crippen LogP contribution >= 0.6 is 11.6 Å². The first kappa shape index (κ1) is 25.1. The molecule has 1 aliphatic rings. The van der Waals surface area contributed by atoms with Gasteiger partial charge < -0.3 is 14.4 Å². The lowest BCUT2D eigenvalue weighted by atomic mass is 10.0. The minimum atomic E-state index is -0.510. The van der Waals surface area contributed by atoms with Crippen LogP contribution in [0.15, 0.2) is 54.6 Å². The van der Waals surface area contributed by atoms with Gasteiger partial charge in [0, 0.05) is 30.7 Å². The van der Waals surface area contributed by atoms with Gasteiger partial charge in [0.05, 0.1) is 5.56 Å².